The molecular formula is C20H22N6O2S. The van der Waals surface area contributed by atoms with Gasteiger partial charge in [0, 0.05) is 24.3 Å². The molecule has 0 aliphatic heterocycles. The van der Waals surface area contributed by atoms with Crippen LogP contribution in [0.25, 0.3) is 11.4 Å². The molecule has 0 radical (unpaired) electrons. The third-order valence-corrected chi connectivity index (χ3v) is 5.03. The number of thioether (sulfide) groups is 1. The molecular weight excluding hydrogens is 388 g/mol. The number of nitrogens with zero attached hydrogens (tertiary/aromatic N) is 3. The molecule has 1 heterocycles. The molecule has 0 bridgehead atoms. The lowest BCUT2D eigenvalue weighted by Crippen LogP contribution is -2.39. The fraction of sp³-hybridized carbons (Fsp3) is 0.200. The van der Waals surface area contributed by atoms with E-state index in [0.29, 0.717) is 23.3 Å². The van der Waals surface area contributed by atoms with E-state index in [1.54, 1.807) is 0 Å². The lowest BCUT2D eigenvalue weighted by atomic mass is 10.1. The van der Waals surface area contributed by atoms with Gasteiger partial charge in [-0.15, -0.1) is 10.2 Å². The molecule has 3 rings (SSSR count). The van der Waals surface area contributed by atoms with Gasteiger partial charge in [0.2, 0.25) is 11.1 Å². The smallest absolute Gasteiger partial charge is 0.321 e. The van der Waals surface area contributed by atoms with Crippen molar-refractivity contribution in [3.8, 4) is 11.4 Å². The average molecular weight is 411 g/mol. The van der Waals surface area contributed by atoms with E-state index in [1.165, 1.54) is 16.4 Å². The van der Waals surface area contributed by atoms with Crippen LogP contribution in [0.15, 0.2) is 59.8 Å². The summed E-state index contributed by atoms with van der Waals surface area (Å²) in [5, 5.41) is 13.7. The van der Waals surface area contributed by atoms with E-state index < -0.39 is 6.03 Å². The molecule has 29 heavy (non-hydrogen) atoms. The van der Waals surface area contributed by atoms with Gasteiger partial charge in [-0.2, -0.15) is 0 Å². The van der Waals surface area contributed by atoms with Crippen LogP contribution in [-0.2, 0) is 11.3 Å². The van der Waals surface area contributed by atoms with Crippen molar-refractivity contribution in [3.05, 3.63) is 65.7 Å². The highest BCUT2D eigenvalue weighted by molar-refractivity contribution is 7.99. The van der Waals surface area contributed by atoms with Gasteiger partial charge in [-0.25, -0.2) is 9.47 Å². The van der Waals surface area contributed by atoms with Crippen molar-refractivity contribution in [1.82, 2.24) is 25.5 Å². The first kappa shape index (κ1) is 20.4. The van der Waals surface area contributed by atoms with E-state index >= 15 is 0 Å². The average Bonchev–Trinajstić information content (AvgIpc) is 3.08. The van der Waals surface area contributed by atoms with Gasteiger partial charge in [-0.05, 0) is 12.5 Å². The first-order valence-corrected chi connectivity index (χ1v) is 10.0. The van der Waals surface area contributed by atoms with Crippen molar-refractivity contribution in [3.63, 3.8) is 0 Å². The van der Waals surface area contributed by atoms with Crippen LogP contribution in [0.3, 0.4) is 0 Å². The lowest BCUT2D eigenvalue weighted by Gasteiger charge is -2.07. The number of nitrogens with two attached hydrogens (primary N) is 1. The summed E-state index contributed by atoms with van der Waals surface area (Å²) in [7, 11) is 0. The highest BCUT2D eigenvalue weighted by Crippen LogP contribution is 2.22. The van der Waals surface area contributed by atoms with Crippen LogP contribution >= 0.6 is 11.8 Å². The molecule has 1 aromatic heterocycles. The minimum atomic E-state index is -0.521. The van der Waals surface area contributed by atoms with Gasteiger partial charge < -0.3 is 11.2 Å². The first-order chi connectivity index (χ1) is 14.0. The van der Waals surface area contributed by atoms with E-state index in [9.17, 15) is 9.59 Å². The molecule has 0 fully saturated rings. The second-order valence-electron chi connectivity index (χ2n) is 6.36. The Bertz CT molecular complexity index is 972. The van der Waals surface area contributed by atoms with Gasteiger partial charge in [0.15, 0.2) is 5.82 Å². The molecule has 4 N–H and O–H groups in total. The quantitative estimate of drug-likeness (QED) is 0.407. The van der Waals surface area contributed by atoms with Gasteiger partial charge in [0.1, 0.15) is 0 Å². The van der Waals surface area contributed by atoms with E-state index in [2.05, 4.69) is 20.8 Å². The van der Waals surface area contributed by atoms with E-state index in [-0.39, 0.29) is 12.3 Å². The van der Waals surface area contributed by atoms with Crippen molar-refractivity contribution in [2.75, 3.05) is 11.6 Å². The van der Waals surface area contributed by atoms with Gasteiger partial charge >= 0.3 is 6.03 Å². The SMILES string of the molecule is Cc1ccc(-c2nnc(SCCC(=O)NC(=O)NCc3ccccc3)n2N)cc1. The van der Waals surface area contributed by atoms with Crippen molar-refractivity contribution in [2.45, 2.75) is 25.0 Å². The molecule has 8 nitrogen and oxygen atoms in total. The Morgan fingerprint density at radius 1 is 1.07 bits per heavy atom. The number of rotatable bonds is 7. The number of urea groups is 1. The number of nitrogens with one attached hydrogen (secondary N) is 2. The van der Waals surface area contributed by atoms with Gasteiger partial charge in [-0.1, -0.05) is 71.9 Å². The van der Waals surface area contributed by atoms with E-state index in [0.717, 1.165) is 16.7 Å². The predicted octanol–water partition coefficient (Wildman–Crippen LogP) is 2.48. The normalized spacial score (nSPS) is 10.5. The maximum atomic E-state index is 11.9. The van der Waals surface area contributed by atoms with Crippen LogP contribution < -0.4 is 16.5 Å². The number of aromatic nitrogens is 3. The molecule has 0 aliphatic rings. The summed E-state index contributed by atoms with van der Waals surface area (Å²) in [5.41, 5.74) is 2.97. The van der Waals surface area contributed by atoms with Crippen LogP contribution in [0.5, 0.6) is 0 Å². The second kappa shape index (κ2) is 9.74. The fourth-order valence-electron chi connectivity index (χ4n) is 2.52. The molecule has 150 valence electrons. The Balaban J connectivity index is 1.43. The number of hydrogen-bond donors (Lipinski definition) is 3. The Morgan fingerprint density at radius 2 is 1.79 bits per heavy atom. The van der Waals surface area contributed by atoms with Crippen molar-refractivity contribution in [2.24, 2.45) is 0 Å². The highest BCUT2D eigenvalue weighted by atomic mass is 32.2. The summed E-state index contributed by atoms with van der Waals surface area (Å²) in [6.07, 6.45) is 0.149. The first-order valence-electron chi connectivity index (χ1n) is 9.05. The maximum Gasteiger partial charge on any atom is 0.321 e. The minimum absolute atomic E-state index is 0.149. The molecule has 3 amide bonds. The second-order valence-corrected chi connectivity index (χ2v) is 7.42. The zero-order chi connectivity index (χ0) is 20.6. The van der Waals surface area contributed by atoms with Crippen LogP contribution in [-0.4, -0.2) is 32.6 Å². The van der Waals surface area contributed by atoms with Gasteiger partial charge in [0.05, 0.1) is 0 Å². The third-order valence-electron chi connectivity index (χ3n) is 4.08. The maximum absolute atomic E-state index is 11.9. The number of hydrogen-bond acceptors (Lipinski definition) is 6. The van der Waals surface area contributed by atoms with Crippen LogP contribution in [0.4, 0.5) is 4.79 Å². The van der Waals surface area contributed by atoms with E-state index in [4.69, 9.17) is 5.84 Å². The largest absolute Gasteiger partial charge is 0.335 e. The number of nitrogen functional groups attached to an aromatic ring is 1. The summed E-state index contributed by atoms with van der Waals surface area (Å²) in [6, 6.07) is 16.8. The van der Waals surface area contributed by atoms with E-state index in [1.807, 2.05) is 61.5 Å². The molecule has 0 saturated carbocycles. The number of aryl methyl sites for hydroxylation is 1. The Hall–Kier alpha value is -3.33. The molecule has 0 saturated heterocycles. The standard InChI is InChI=1S/C20H22N6O2S/c1-14-7-9-16(10-8-14)18-24-25-20(26(18)21)29-12-11-17(27)23-19(28)22-13-15-5-3-2-4-6-15/h2-10H,11-13,21H2,1H3,(H2,22,23,27,28). The van der Waals surface area contributed by atoms with Gasteiger partial charge in [-0.3, -0.25) is 10.1 Å². The van der Waals surface area contributed by atoms with Crippen molar-refractivity contribution in [1.29, 1.82) is 0 Å². The van der Waals surface area contributed by atoms with Crippen LogP contribution in [0.2, 0.25) is 0 Å². The zero-order valence-corrected chi connectivity index (χ0v) is 16.8. The molecule has 0 aliphatic carbocycles. The minimum Gasteiger partial charge on any atom is -0.335 e. The zero-order valence-electron chi connectivity index (χ0n) is 16.0. The summed E-state index contributed by atoms with van der Waals surface area (Å²) >= 11 is 1.30. The third kappa shape index (κ3) is 5.82. The number of carbonyl (C=O) groups is 2. The summed E-state index contributed by atoms with van der Waals surface area (Å²) in [5.74, 6) is 6.67. The number of carbonyl (C=O) groups excluding carboxylic acids is 2. The Morgan fingerprint density at radius 3 is 2.52 bits per heavy atom. The van der Waals surface area contributed by atoms with Gasteiger partial charge in [0.25, 0.3) is 0 Å². The molecule has 3 aromatic rings. The highest BCUT2D eigenvalue weighted by Gasteiger charge is 2.13. The summed E-state index contributed by atoms with van der Waals surface area (Å²) in [6.45, 7) is 2.36. The molecule has 0 unspecified atom stereocenters. The number of benzene rings is 2. The Kier molecular flexibility index (Phi) is 6.85. The van der Waals surface area contributed by atoms with Crippen LogP contribution in [0.1, 0.15) is 17.5 Å². The fourth-order valence-corrected chi connectivity index (χ4v) is 3.32. The monoisotopic (exact) mass is 410 g/mol. The van der Waals surface area contributed by atoms with Crippen molar-refractivity contribution >= 4 is 23.7 Å². The van der Waals surface area contributed by atoms with Crippen molar-refractivity contribution < 1.29 is 9.59 Å². The number of imide groups is 1. The summed E-state index contributed by atoms with van der Waals surface area (Å²) in [4.78, 5) is 23.7. The predicted molar refractivity (Wildman–Crippen MR) is 113 cm³/mol. The molecule has 0 atom stereocenters. The topological polar surface area (TPSA) is 115 Å². The molecule has 9 heteroatoms. The summed E-state index contributed by atoms with van der Waals surface area (Å²) < 4.78 is 1.40. The molecule has 0 spiro atoms. The molecule has 2 aromatic carbocycles. The Labute approximate surface area is 172 Å². The van der Waals surface area contributed by atoms with Crippen LogP contribution in [0, 0.1) is 6.92 Å². The lowest BCUT2D eigenvalue weighted by molar-refractivity contribution is -0.119. The number of amides is 3.